The first-order valence-corrected chi connectivity index (χ1v) is 8.27. The molecule has 2 aliphatic heterocycles. The van der Waals surface area contributed by atoms with E-state index in [1.807, 2.05) is 30.7 Å². The zero-order valence-electron chi connectivity index (χ0n) is 13.6. The number of likely N-dealkylation sites (tertiary alicyclic amines) is 1. The minimum absolute atomic E-state index is 0.0888. The highest BCUT2D eigenvalue weighted by Crippen LogP contribution is 2.23. The van der Waals surface area contributed by atoms with Crippen molar-refractivity contribution in [3.63, 3.8) is 0 Å². The molecular formula is C16H29N3O2. The van der Waals surface area contributed by atoms with Gasteiger partial charge in [-0.3, -0.25) is 9.59 Å². The van der Waals surface area contributed by atoms with E-state index >= 15 is 0 Å². The van der Waals surface area contributed by atoms with Gasteiger partial charge in [-0.25, -0.2) is 0 Å². The van der Waals surface area contributed by atoms with Crippen molar-refractivity contribution >= 4 is 11.8 Å². The van der Waals surface area contributed by atoms with Gasteiger partial charge in [-0.15, -0.1) is 0 Å². The van der Waals surface area contributed by atoms with E-state index in [2.05, 4.69) is 5.32 Å². The van der Waals surface area contributed by atoms with Crippen LogP contribution in [0.25, 0.3) is 0 Å². The van der Waals surface area contributed by atoms with Gasteiger partial charge in [-0.2, -0.15) is 0 Å². The van der Waals surface area contributed by atoms with Crippen molar-refractivity contribution in [1.82, 2.24) is 15.1 Å². The summed E-state index contributed by atoms with van der Waals surface area (Å²) >= 11 is 0. The van der Waals surface area contributed by atoms with Gasteiger partial charge in [0.1, 0.15) is 0 Å². The predicted molar refractivity (Wildman–Crippen MR) is 82.8 cm³/mol. The number of amides is 2. The maximum absolute atomic E-state index is 12.5. The quantitative estimate of drug-likeness (QED) is 0.848. The average molecular weight is 295 g/mol. The van der Waals surface area contributed by atoms with Gasteiger partial charge in [0, 0.05) is 38.6 Å². The van der Waals surface area contributed by atoms with Crippen molar-refractivity contribution < 1.29 is 9.59 Å². The molecule has 5 nitrogen and oxygen atoms in total. The van der Waals surface area contributed by atoms with Gasteiger partial charge in [0.25, 0.3) is 0 Å². The number of piperidine rings is 2. The van der Waals surface area contributed by atoms with Gasteiger partial charge in [-0.1, -0.05) is 0 Å². The largest absolute Gasteiger partial charge is 0.343 e. The number of hydrogen-bond acceptors (Lipinski definition) is 3. The Labute approximate surface area is 128 Å². The zero-order chi connectivity index (χ0) is 15.4. The summed E-state index contributed by atoms with van der Waals surface area (Å²) in [5.41, 5.74) is 0. The molecule has 2 aliphatic rings. The Bertz CT molecular complexity index is 370. The van der Waals surface area contributed by atoms with E-state index in [0.29, 0.717) is 0 Å². The summed E-state index contributed by atoms with van der Waals surface area (Å²) in [6.07, 6.45) is 3.70. The van der Waals surface area contributed by atoms with Gasteiger partial charge in [0.15, 0.2) is 0 Å². The van der Waals surface area contributed by atoms with Crippen LogP contribution >= 0.6 is 0 Å². The Morgan fingerprint density at radius 1 is 1.14 bits per heavy atom. The fourth-order valence-electron chi connectivity index (χ4n) is 3.21. The van der Waals surface area contributed by atoms with Crippen LogP contribution in [0.4, 0.5) is 0 Å². The summed E-state index contributed by atoms with van der Waals surface area (Å²) in [5.74, 6) is 0.747. The Morgan fingerprint density at radius 3 is 2.33 bits per heavy atom. The van der Waals surface area contributed by atoms with Crippen LogP contribution < -0.4 is 5.32 Å². The molecule has 2 rings (SSSR count). The lowest BCUT2D eigenvalue weighted by atomic mass is 9.92. The molecule has 0 aliphatic carbocycles. The van der Waals surface area contributed by atoms with Crippen LogP contribution in [-0.2, 0) is 9.59 Å². The molecule has 0 saturated carbocycles. The van der Waals surface area contributed by atoms with Crippen LogP contribution in [0, 0.1) is 11.8 Å². The molecule has 0 aromatic carbocycles. The highest BCUT2D eigenvalue weighted by atomic mass is 16.2. The molecule has 2 amide bonds. The smallest absolute Gasteiger partial charge is 0.226 e. The van der Waals surface area contributed by atoms with Crippen molar-refractivity contribution in [3.05, 3.63) is 0 Å². The molecule has 1 N–H and O–H groups in total. The summed E-state index contributed by atoms with van der Waals surface area (Å²) in [5, 5.41) is 3.30. The molecule has 0 bridgehead atoms. The molecule has 0 aromatic rings. The Hall–Kier alpha value is -1.10. The third-order valence-corrected chi connectivity index (χ3v) is 4.92. The van der Waals surface area contributed by atoms with Crippen LogP contribution in [0.1, 0.15) is 39.5 Å². The minimum Gasteiger partial charge on any atom is -0.343 e. The van der Waals surface area contributed by atoms with Crippen LogP contribution in [0.3, 0.4) is 0 Å². The fraction of sp³-hybridized carbons (Fsp3) is 0.875. The van der Waals surface area contributed by atoms with E-state index in [9.17, 15) is 9.59 Å². The summed E-state index contributed by atoms with van der Waals surface area (Å²) in [7, 11) is 1.87. The zero-order valence-corrected chi connectivity index (χ0v) is 13.6. The number of nitrogens with zero attached hydrogens (tertiary/aromatic N) is 2. The standard InChI is InChI=1S/C16H29N3O2/c1-12(2)18(3)15(20)13-6-9-19(10-7-13)16(21)14-5-4-8-17-11-14/h12-14,17H,4-11H2,1-3H3. The molecule has 0 radical (unpaired) electrons. The summed E-state index contributed by atoms with van der Waals surface area (Å²) in [6, 6.07) is 0.241. The van der Waals surface area contributed by atoms with Crippen molar-refractivity contribution in [1.29, 1.82) is 0 Å². The van der Waals surface area contributed by atoms with Gasteiger partial charge < -0.3 is 15.1 Å². The monoisotopic (exact) mass is 295 g/mol. The molecule has 120 valence electrons. The molecule has 0 aromatic heterocycles. The first kappa shape index (κ1) is 16.3. The molecule has 0 spiro atoms. The molecule has 2 saturated heterocycles. The fourth-order valence-corrected chi connectivity index (χ4v) is 3.21. The number of rotatable bonds is 3. The lowest BCUT2D eigenvalue weighted by Gasteiger charge is -2.36. The Balaban J connectivity index is 1.82. The van der Waals surface area contributed by atoms with E-state index in [0.717, 1.165) is 51.9 Å². The molecule has 1 atom stereocenters. The second kappa shape index (κ2) is 7.25. The Kier molecular flexibility index (Phi) is 5.62. The van der Waals surface area contributed by atoms with Gasteiger partial charge >= 0.3 is 0 Å². The lowest BCUT2D eigenvalue weighted by molar-refractivity contribution is -0.143. The van der Waals surface area contributed by atoms with E-state index in [-0.39, 0.29) is 29.7 Å². The topological polar surface area (TPSA) is 52.7 Å². The molecule has 1 unspecified atom stereocenters. The number of carbonyl (C=O) groups excluding carboxylic acids is 2. The molecule has 5 heteroatoms. The van der Waals surface area contributed by atoms with Gasteiger partial charge in [0.05, 0.1) is 5.92 Å². The van der Waals surface area contributed by atoms with E-state index in [1.165, 1.54) is 0 Å². The van der Waals surface area contributed by atoms with Gasteiger partial charge in [-0.05, 0) is 46.1 Å². The van der Waals surface area contributed by atoms with Crippen molar-refractivity contribution in [2.45, 2.75) is 45.6 Å². The number of carbonyl (C=O) groups is 2. The van der Waals surface area contributed by atoms with E-state index < -0.39 is 0 Å². The molecule has 2 heterocycles. The summed E-state index contributed by atoms with van der Waals surface area (Å²) < 4.78 is 0. The predicted octanol–water partition coefficient (Wildman–Crippen LogP) is 1.09. The lowest BCUT2D eigenvalue weighted by Crippen LogP contribution is -2.48. The molecular weight excluding hydrogens is 266 g/mol. The van der Waals surface area contributed by atoms with Crippen LogP contribution in [0.2, 0.25) is 0 Å². The van der Waals surface area contributed by atoms with Crippen molar-refractivity contribution in [2.24, 2.45) is 11.8 Å². The first-order chi connectivity index (χ1) is 10.0. The molecule has 21 heavy (non-hydrogen) atoms. The van der Waals surface area contributed by atoms with Crippen molar-refractivity contribution in [2.75, 3.05) is 33.2 Å². The maximum atomic E-state index is 12.5. The normalized spacial score (nSPS) is 24.2. The van der Waals surface area contributed by atoms with Crippen molar-refractivity contribution in [3.8, 4) is 0 Å². The minimum atomic E-state index is 0.0888. The van der Waals surface area contributed by atoms with Gasteiger partial charge in [0.2, 0.25) is 11.8 Å². The SMILES string of the molecule is CC(C)N(C)C(=O)C1CCN(C(=O)C2CCCNC2)CC1. The number of hydrogen-bond donors (Lipinski definition) is 1. The third-order valence-electron chi connectivity index (χ3n) is 4.92. The molecule has 2 fully saturated rings. The van der Waals surface area contributed by atoms with E-state index in [4.69, 9.17) is 0 Å². The highest BCUT2D eigenvalue weighted by Gasteiger charge is 2.32. The number of nitrogens with one attached hydrogen (secondary N) is 1. The van der Waals surface area contributed by atoms with Crippen LogP contribution in [0.5, 0.6) is 0 Å². The second-order valence-electron chi connectivity index (χ2n) is 6.69. The van der Waals surface area contributed by atoms with Crippen LogP contribution in [0.15, 0.2) is 0 Å². The summed E-state index contributed by atoms with van der Waals surface area (Å²) in [6.45, 7) is 7.38. The summed E-state index contributed by atoms with van der Waals surface area (Å²) in [4.78, 5) is 28.6. The third kappa shape index (κ3) is 3.96. The average Bonchev–Trinajstić information content (AvgIpc) is 2.53. The van der Waals surface area contributed by atoms with Crippen LogP contribution in [-0.4, -0.2) is 60.9 Å². The highest BCUT2D eigenvalue weighted by molar-refractivity contribution is 5.81. The van der Waals surface area contributed by atoms with E-state index in [1.54, 1.807) is 0 Å². The second-order valence-corrected chi connectivity index (χ2v) is 6.69. The Morgan fingerprint density at radius 2 is 1.81 bits per heavy atom. The first-order valence-electron chi connectivity index (χ1n) is 8.27. The maximum Gasteiger partial charge on any atom is 0.226 e.